The molecule has 1 rings (SSSR count). The Kier molecular flexibility index (Phi) is 2.84. The first-order valence-electron chi connectivity index (χ1n) is 4.63. The van der Waals surface area contributed by atoms with Gasteiger partial charge >= 0.3 is 5.97 Å². The lowest BCUT2D eigenvalue weighted by molar-refractivity contribution is -0.140. The van der Waals surface area contributed by atoms with E-state index in [0.717, 1.165) is 0 Å². The third kappa shape index (κ3) is 3.44. The number of hydrogen-bond acceptors (Lipinski definition) is 3. The average Bonchev–Trinajstić information content (AvgIpc) is 2.61. The minimum atomic E-state index is -3.76. The van der Waals surface area contributed by atoms with Gasteiger partial charge in [0.2, 0.25) is 0 Å². The first-order chi connectivity index (χ1) is 6.56. The zero-order valence-corrected chi connectivity index (χ0v) is 9.81. The predicted molar refractivity (Wildman–Crippen MR) is 54.5 cm³/mol. The summed E-state index contributed by atoms with van der Waals surface area (Å²) in [5.41, 5.74) is -1.91. The molecule has 1 aliphatic carbocycles. The van der Waals surface area contributed by atoms with Gasteiger partial charge in [0.15, 0.2) is 0 Å². The van der Waals surface area contributed by atoms with Gasteiger partial charge in [-0.1, -0.05) is 0 Å². The Labute approximate surface area is 89.2 Å². The summed E-state index contributed by atoms with van der Waals surface area (Å²) in [6, 6.07) is 0. The lowest BCUT2D eigenvalue weighted by Crippen LogP contribution is -2.53. The summed E-state index contributed by atoms with van der Waals surface area (Å²) in [6.07, 6.45) is 0.681. The van der Waals surface area contributed by atoms with Gasteiger partial charge in [0, 0.05) is 5.54 Å². The molecule has 0 aromatic rings. The molecule has 0 saturated heterocycles. The molecule has 15 heavy (non-hydrogen) atoms. The van der Waals surface area contributed by atoms with Crippen LogP contribution in [-0.4, -0.2) is 30.6 Å². The van der Waals surface area contributed by atoms with E-state index in [1.165, 1.54) is 0 Å². The molecular formula is C8H16N2O4S. The monoisotopic (exact) mass is 236 g/mol. The van der Waals surface area contributed by atoms with Crippen LogP contribution < -0.4 is 9.44 Å². The Morgan fingerprint density at radius 1 is 1.33 bits per heavy atom. The first kappa shape index (κ1) is 12.4. The highest BCUT2D eigenvalue weighted by Crippen LogP contribution is 2.36. The number of carboxylic acid groups (broad SMARTS) is 1. The smallest absolute Gasteiger partial charge is 0.324 e. The van der Waals surface area contributed by atoms with Crippen molar-refractivity contribution in [2.45, 2.75) is 44.7 Å². The van der Waals surface area contributed by atoms with Gasteiger partial charge in [-0.05, 0) is 33.6 Å². The molecule has 0 spiro atoms. The lowest BCUT2D eigenvalue weighted by atomic mass is 10.1. The minimum Gasteiger partial charge on any atom is -0.480 e. The van der Waals surface area contributed by atoms with Gasteiger partial charge in [0.1, 0.15) is 5.54 Å². The number of carboxylic acids is 1. The summed E-state index contributed by atoms with van der Waals surface area (Å²) < 4.78 is 27.5. The number of rotatable bonds is 4. The van der Waals surface area contributed by atoms with Crippen molar-refractivity contribution in [2.24, 2.45) is 0 Å². The van der Waals surface area contributed by atoms with Crippen molar-refractivity contribution < 1.29 is 18.3 Å². The molecule has 0 aromatic heterocycles. The maximum atomic E-state index is 11.5. The van der Waals surface area contributed by atoms with Crippen LogP contribution >= 0.6 is 0 Å². The Morgan fingerprint density at radius 2 is 1.80 bits per heavy atom. The molecule has 0 atom stereocenters. The van der Waals surface area contributed by atoms with E-state index in [9.17, 15) is 13.2 Å². The number of aliphatic carboxylic acids is 1. The maximum absolute atomic E-state index is 11.5. The van der Waals surface area contributed by atoms with Crippen LogP contribution in [0.25, 0.3) is 0 Å². The minimum absolute atomic E-state index is 0.341. The van der Waals surface area contributed by atoms with Gasteiger partial charge in [-0.3, -0.25) is 4.79 Å². The number of carbonyl (C=O) groups is 1. The summed E-state index contributed by atoms with van der Waals surface area (Å²) in [6.45, 7) is 5.06. The van der Waals surface area contributed by atoms with Gasteiger partial charge < -0.3 is 5.11 Å². The molecule has 0 radical (unpaired) electrons. The van der Waals surface area contributed by atoms with Crippen molar-refractivity contribution in [1.29, 1.82) is 0 Å². The second-order valence-electron chi connectivity index (χ2n) is 4.84. The van der Waals surface area contributed by atoms with Crippen molar-refractivity contribution in [3.63, 3.8) is 0 Å². The molecule has 0 unspecified atom stereocenters. The van der Waals surface area contributed by atoms with Crippen LogP contribution in [0.4, 0.5) is 0 Å². The normalized spacial score (nSPS) is 19.9. The number of nitrogens with one attached hydrogen (secondary N) is 2. The third-order valence-corrected chi connectivity index (χ3v) is 3.47. The quantitative estimate of drug-likeness (QED) is 0.631. The average molecular weight is 236 g/mol. The van der Waals surface area contributed by atoms with Crippen LogP contribution in [0.1, 0.15) is 33.6 Å². The van der Waals surface area contributed by atoms with Crippen molar-refractivity contribution in [1.82, 2.24) is 9.44 Å². The van der Waals surface area contributed by atoms with Crippen molar-refractivity contribution in [3.8, 4) is 0 Å². The van der Waals surface area contributed by atoms with E-state index in [1.54, 1.807) is 20.8 Å². The van der Waals surface area contributed by atoms with Gasteiger partial charge in [-0.15, -0.1) is 0 Å². The summed E-state index contributed by atoms with van der Waals surface area (Å²) in [5.74, 6) is -1.12. The highest BCUT2D eigenvalue weighted by Gasteiger charge is 2.53. The molecule has 6 nitrogen and oxygen atoms in total. The molecule has 1 fully saturated rings. The fourth-order valence-corrected chi connectivity index (χ4v) is 2.83. The van der Waals surface area contributed by atoms with E-state index in [4.69, 9.17) is 5.11 Å². The highest BCUT2D eigenvalue weighted by atomic mass is 32.2. The van der Waals surface area contributed by atoms with E-state index < -0.39 is 27.3 Å². The Morgan fingerprint density at radius 3 is 2.07 bits per heavy atom. The maximum Gasteiger partial charge on any atom is 0.324 e. The van der Waals surface area contributed by atoms with Crippen LogP contribution in [0.2, 0.25) is 0 Å². The Bertz CT molecular complexity index is 365. The predicted octanol–water partition coefficient (Wildman–Crippen LogP) is -0.174. The first-order valence-corrected chi connectivity index (χ1v) is 6.11. The SMILES string of the molecule is CC(C)(C)NS(=O)(=O)NC1(C(=O)O)CC1. The Hall–Kier alpha value is -0.660. The molecule has 0 bridgehead atoms. The summed E-state index contributed by atoms with van der Waals surface area (Å²) >= 11 is 0. The molecule has 0 heterocycles. The second-order valence-corrected chi connectivity index (χ2v) is 6.26. The summed E-state index contributed by atoms with van der Waals surface area (Å²) in [5, 5.41) is 8.81. The molecule has 1 saturated carbocycles. The Balaban J connectivity index is 2.70. The largest absolute Gasteiger partial charge is 0.480 e. The molecule has 0 aliphatic heterocycles. The van der Waals surface area contributed by atoms with Crippen molar-refractivity contribution in [3.05, 3.63) is 0 Å². The van der Waals surface area contributed by atoms with Crippen LogP contribution in [-0.2, 0) is 15.0 Å². The summed E-state index contributed by atoms with van der Waals surface area (Å²) in [7, 11) is -3.76. The van der Waals surface area contributed by atoms with E-state index in [0.29, 0.717) is 12.8 Å². The molecule has 0 aromatic carbocycles. The molecular weight excluding hydrogens is 220 g/mol. The molecule has 0 amide bonds. The van der Waals surface area contributed by atoms with Crippen molar-refractivity contribution in [2.75, 3.05) is 0 Å². The van der Waals surface area contributed by atoms with E-state index in [-0.39, 0.29) is 0 Å². The summed E-state index contributed by atoms with van der Waals surface area (Å²) in [4.78, 5) is 10.8. The lowest BCUT2D eigenvalue weighted by Gasteiger charge is -2.22. The second kappa shape index (κ2) is 3.43. The topological polar surface area (TPSA) is 95.5 Å². The third-order valence-electron chi connectivity index (χ3n) is 1.93. The van der Waals surface area contributed by atoms with Crippen LogP contribution in [0, 0.1) is 0 Å². The highest BCUT2D eigenvalue weighted by molar-refractivity contribution is 7.87. The van der Waals surface area contributed by atoms with Crippen molar-refractivity contribution >= 4 is 16.2 Å². The van der Waals surface area contributed by atoms with Gasteiger partial charge in [0.05, 0.1) is 0 Å². The van der Waals surface area contributed by atoms with Crippen LogP contribution in [0.3, 0.4) is 0 Å². The zero-order chi connectivity index (χ0) is 11.9. The van der Waals surface area contributed by atoms with Gasteiger partial charge in [0.25, 0.3) is 10.2 Å². The van der Waals surface area contributed by atoms with Gasteiger partial charge in [-0.25, -0.2) is 0 Å². The molecule has 7 heteroatoms. The fourth-order valence-electron chi connectivity index (χ4n) is 1.17. The number of hydrogen-bond donors (Lipinski definition) is 3. The van der Waals surface area contributed by atoms with E-state index in [1.807, 2.05) is 0 Å². The van der Waals surface area contributed by atoms with E-state index in [2.05, 4.69) is 9.44 Å². The van der Waals surface area contributed by atoms with Crippen LogP contribution in [0.5, 0.6) is 0 Å². The molecule has 88 valence electrons. The molecule has 3 N–H and O–H groups in total. The fraction of sp³-hybridized carbons (Fsp3) is 0.875. The molecule has 1 aliphatic rings. The standard InChI is InChI=1S/C8H16N2O4S/c1-7(2,3)9-15(13,14)10-8(4-5-8)6(11)12/h9-10H,4-5H2,1-3H3,(H,11,12). The van der Waals surface area contributed by atoms with Crippen LogP contribution in [0.15, 0.2) is 0 Å². The zero-order valence-electron chi connectivity index (χ0n) is 8.99. The van der Waals surface area contributed by atoms with E-state index >= 15 is 0 Å². The van der Waals surface area contributed by atoms with Gasteiger partial charge in [-0.2, -0.15) is 17.9 Å².